The first kappa shape index (κ1) is 18.5. The molecule has 5 nitrogen and oxygen atoms in total. The van der Waals surface area contributed by atoms with E-state index in [1.54, 1.807) is 38.5 Å². The summed E-state index contributed by atoms with van der Waals surface area (Å²) in [6, 6.07) is 15.3. The number of carbonyl (C=O) groups is 1. The van der Waals surface area contributed by atoms with Crippen molar-refractivity contribution >= 4 is 11.6 Å². The highest BCUT2D eigenvalue weighted by atomic mass is 16.5. The SMILES string of the molecule is C=CCN(CC(=O)Nc1ccc(OC)cc1OC)Cc1ccccc1. The molecule has 0 bridgehead atoms. The summed E-state index contributed by atoms with van der Waals surface area (Å²) in [6.07, 6.45) is 1.80. The Hall–Kier alpha value is -2.79. The van der Waals surface area contributed by atoms with Crippen LogP contribution in [0.1, 0.15) is 5.56 Å². The summed E-state index contributed by atoms with van der Waals surface area (Å²) in [4.78, 5) is 14.5. The summed E-state index contributed by atoms with van der Waals surface area (Å²) >= 11 is 0. The van der Waals surface area contributed by atoms with Crippen LogP contribution in [0.2, 0.25) is 0 Å². The molecule has 1 N–H and O–H groups in total. The van der Waals surface area contributed by atoms with Gasteiger partial charge in [-0.3, -0.25) is 9.69 Å². The van der Waals surface area contributed by atoms with Gasteiger partial charge in [-0.2, -0.15) is 0 Å². The molecule has 5 heteroatoms. The molecule has 25 heavy (non-hydrogen) atoms. The molecule has 0 spiro atoms. The van der Waals surface area contributed by atoms with E-state index in [2.05, 4.69) is 11.9 Å². The van der Waals surface area contributed by atoms with Crippen LogP contribution in [0.3, 0.4) is 0 Å². The average Bonchev–Trinajstić information content (AvgIpc) is 2.63. The van der Waals surface area contributed by atoms with Crippen LogP contribution in [0.15, 0.2) is 61.2 Å². The predicted molar refractivity (Wildman–Crippen MR) is 100 cm³/mol. The molecule has 0 aliphatic carbocycles. The third-order valence-electron chi connectivity index (χ3n) is 3.69. The molecule has 0 heterocycles. The minimum Gasteiger partial charge on any atom is -0.497 e. The van der Waals surface area contributed by atoms with Crippen molar-refractivity contribution in [2.45, 2.75) is 6.54 Å². The van der Waals surface area contributed by atoms with Gasteiger partial charge < -0.3 is 14.8 Å². The maximum Gasteiger partial charge on any atom is 0.238 e. The number of nitrogens with one attached hydrogen (secondary N) is 1. The summed E-state index contributed by atoms with van der Waals surface area (Å²) in [5, 5.41) is 2.89. The molecule has 132 valence electrons. The lowest BCUT2D eigenvalue weighted by atomic mass is 10.2. The Labute approximate surface area is 148 Å². The summed E-state index contributed by atoms with van der Waals surface area (Å²) in [7, 11) is 3.15. The molecule has 0 aromatic heterocycles. The van der Waals surface area contributed by atoms with Gasteiger partial charge in [0, 0.05) is 19.2 Å². The molecule has 0 aliphatic heterocycles. The Balaban J connectivity index is 2.02. The first-order valence-electron chi connectivity index (χ1n) is 8.05. The van der Waals surface area contributed by atoms with E-state index in [1.807, 2.05) is 35.2 Å². The van der Waals surface area contributed by atoms with Gasteiger partial charge in [0.1, 0.15) is 11.5 Å². The summed E-state index contributed by atoms with van der Waals surface area (Å²) in [5.74, 6) is 1.12. The fourth-order valence-electron chi connectivity index (χ4n) is 2.50. The first-order chi connectivity index (χ1) is 12.2. The molecule has 0 unspecified atom stereocenters. The van der Waals surface area contributed by atoms with E-state index in [0.29, 0.717) is 30.3 Å². The van der Waals surface area contributed by atoms with E-state index in [0.717, 1.165) is 5.56 Å². The monoisotopic (exact) mass is 340 g/mol. The quantitative estimate of drug-likeness (QED) is 0.712. The van der Waals surface area contributed by atoms with E-state index in [4.69, 9.17) is 9.47 Å². The lowest BCUT2D eigenvalue weighted by Gasteiger charge is -2.20. The molecular weight excluding hydrogens is 316 g/mol. The van der Waals surface area contributed by atoms with Gasteiger partial charge in [0.15, 0.2) is 0 Å². The lowest BCUT2D eigenvalue weighted by Crippen LogP contribution is -2.33. The van der Waals surface area contributed by atoms with Gasteiger partial charge in [0.2, 0.25) is 5.91 Å². The highest BCUT2D eigenvalue weighted by Crippen LogP contribution is 2.28. The molecule has 0 aliphatic rings. The third-order valence-corrected chi connectivity index (χ3v) is 3.69. The van der Waals surface area contributed by atoms with Crippen LogP contribution in [0.4, 0.5) is 5.69 Å². The molecule has 0 atom stereocenters. The van der Waals surface area contributed by atoms with E-state index in [1.165, 1.54) is 0 Å². The highest BCUT2D eigenvalue weighted by Gasteiger charge is 2.13. The number of anilines is 1. The first-order valence-corrected chi connectivity index (χ1v) is 8.05. The van der Waals surface area contributed by atoms with Crippen LogP contribution < -0.4 is 14.8 Å². The minimum absolute atomic E-state index is 0.110. The van der Waals surface area contributed by atoms with Crippen molar-refractivity contribution < 1.29 is 14.3 Å². The zero-order chi connectivity index (χ0) is 18.1. The number of carbonyl (C=O) groups excluding carboxylic acids is 1. The van der Waals surface area contributed by atoms with Crippen molar-refractivity contribution in [3.05, 3.63) is 66.7 Å². The van der Waals surface area contributed by atoms with Gasteiger partial charge in [0.25, 0.3) is 0 Å². The fourth-order valence-corrected chi connectivity index (χ4v) is 2.50. The zero-order valence-corrected chi connectivity index (χ0v) is 14.7. The summed E-state index contributed by atoms with van der Waals surface area (Å²) in [6.45, 7) is 5.34. The molecular formula is C20H24N2O3. The largest absolute Gasteiger partial charge is 0.497 e. The van der Waals surface area contributed by atoms with Crippen molar-refractivity contribution in [3.8, 4) is 11.5 Å². The lowest BCUT2D eigenvalue weighted by molar-refractivity contribution is -0.117. The summed E-state index contributed by atoms with van der Waals surface area (Å²) < 4.78 is 10.5. The third kappa shape index (κ3) is 5.65. The number of hydrogen-bond donors (Lipinski definition) is 1. The fraction of sp³-hybridized carbons (Fsp3) is 0.250. The Morgan fingerprint density at radius 2 is 1.92 bits per heavy atom. The molecule has 1 amide bonds. The topological polar surface area (TPSA) is 50.8 Å². The van der Waals surface area contributed by atoms with Crippen LogP contribution in [0.25, 0.3) is 0 Å². The van der Waals surface area contributed by atoms with Gasteiger partial charge in [-0.05, 0) is 17.7 Å². The van der Waals surface area contributed by atoms with Gasteiger partial charge in [-0.25, -0.2) is 0 Å². The van der Waals surface area contributed by atoms with E-state index in [-0.39, 0.29) is 12.5 Å². The Morgan fingerprint density at radius 1 is 1.16 bits per heavy atom. The van der Waals surface area contributed by atoms with Crippen LogP contribution in [0.5, 0.6) is 11.5 Å². The molecule has 2 aromatic carbocycles. The minimum atomic E-state index is -0.110. The predicted octanol–water partition coefficient (Wildman–Crippen LogP) is 3.33. The number of rotatable bonds is 9. The van der Waals surface area contributed by atoms with Crippen molar-refractivity contribution in [1.29, 1.82) is 0 Å². The number of methoxy groups -OCH3 is 2. The van der Waals surface area contributed by atoms with Crippen LogP contribution in [-0.4, -0.2) is 38.1 Å². The number of ether oxygens (including phenoxy) is 2. The second-order valence-electron chi connectivity index (χ2n) is 5.56. The standard InChI is InChI=1S/C20H24N2O3/c1-4-12-22(14-16-8-6-5-7-9-16)15-20(23)21-18-11-10-17(24-2)13-19(18)25-3/h4-11,13H,1,12,14-15H2,2-3H3,(H,21,23). The van der Waals surface area contributed by atoms with Crippen LogP contribution in [0, 0.1) is 0 Å². The van der Waals surface area contributed by atoms with Crippen molar-refractivity contribution in [1.82, 2.24) is 4.90 Å². The Morgan fingerprint density at radius 3 is 2.56 bits per heavy atom. The second kappa shape index (κ2) is 9.49. The van der Waals surface area contributed by atoms with Crippen molar-refractivity contribution in [3.63, 3.8) is 0 Å². The van der Waals surface area contributed by atoms with E-state index < -0.39 is 0 Å². The molecule has 0 radical (unpaired) electrons. The molecule has 2 rings (SSSR count). The van der Waals surface area contributed by atoms with Crippen LogP contribution in [-0.2, 0) is 11.3 Å². The maximum absolute atomic E-state index is 12.4. The van der Waals surface area contributed by atoms with Gasteiger partial charge in [-0.1, -0.05) is 36.4 Å². The van der Waals surface area contributed by atoms with Gasteiger partial charge in [0.05, 0.1) is 26.5 Å². The van der Waals surface area contributed by atoms with E-state index >= 15 is 0 Å². The van der Waals surface area contributed by atoms with Crippen molar-refractivity contribution in [2.75, 3.05) is 32.6 Å². The Kier molecular flexibility index (Phi) is 7.04. The second-order valence-corrected chi connectivity index (χ2v) is 5.56. The van der Waals surface area contributed by atoms with Crippen LogP contribution >= 0.6 is 0 Å². The number of amides is 1. The Bertz CT molecular complexity index is 701. The molecule has 0 fully saturated rings. The number of benzene rings is 2. The van der Waals surface area contributed by atoms with E-state index in [9.17, 15) is 4.79 Å². The van der Waals surface area contributed by atoms with Gasteiger partial charge in [-0.15, -0.1) is 6.58 Å². The zero-order valence-electron chi connectivity index (χ0n) is 14.7. The molecule has 2 aromatic rings. The normalized spacial score (nSPS) is 10.4. The molecule has 0 saturated heterocycles. The molecule has 0 saturated carbocycles. The highest BCUT2D eigenvalue weighted by molar-refractivity contribution is 5.93. The summed E-state index contributed by atoms with van der Waals surface area (Å²) in [5.41, 5.74) is 1.77. The maximum atomic E-state index is 12.4. The number of hydrogen-bond acceptors (Lipinski definition) is 4. The smallest absolute Gasteiger partial charge is 0.238 e. The van der Waals surface area contributed by atoms with Gasteiger partial charge >= 0.3 is 0 Å². The average molecular weight is 340 g/mol. The number of nitrogens with zero attached hydrogens (tertiary/aromatic N) is 1. The van der Waals surface area contributed by atoms with Crippen molar-refractivity contribution in [2.24, 2.45) is 0 Å².